The average molecular weight is 350 g/mol. The molecular formula is C21H22N2O3. The number of nitrogens with one attached hydrogen (secondary N) is 2. The summed E-state index contributed by atoms with van der Waals surface area (Å²) in [6, 6.07) is 14.8. The van der Waals surface area contributed by atoms with Gasteiger partial charge in [-0.2, -0.15) is 0 Å². The minimum atomic E-state index is -0.251. The number of aromatic amines is 1. The number of methoxy groups -OCH3 is 1. The summed E-state index contributed by atoms with van der Waals surface area (Å²) in [4.78, 5) is 27.5. The van der Waals surface area contributed by atoms with Gasteiger partial charge in [0, 0.05) is 23.2 Å². The number of hydrogen-bond donors (Lipinski definition) is 2. The van der Waals surface area contributed by atoms with Crippen LogP contribution in [-0.2, 0) is 6.54 Å². The second kappa shape index (κ2) is 7.44. The summed E-state index contributed by atoms with van der Waals surface area (Å²) in [5.74, 6) is 0.768. The zero-order valence-electron chi connectivity index (χ0n) is 15.1. The number of rotatable bonds is 5. The first-order valence-corrected chi connectivity index (χ1v) is 8.56. The van der Waals surface area contributed by atoms with Crippen LogP contribution in [0, 0.1) is 0 Å². The van der Waals surface area contributed by atoms with E-state index in [-0.39, 0.29) is 18.0 Å². The lowest BCUT2D eigenvalue weighted by molar-refractivity contribution is 0.0950. The third kappa shape index (κ3) is 3.77. The van der Waals surface area contributed by atoms with Crippen molar-refractivity contribution < 1.29 is 9.53 Å². The van der Waals surface area contributed by atoms with E-state index >= 15 is 0 Å². The zero-order valence-corrected chi connectivity index (χ0v) is 15.1. The summed E-state index contributed by atoms with van der Waals surface area (Å²) in [5, 5.41) is 3.75. The molecule has 0 saturated carbocycles. The zero-order chi connectivity index (χ0) is 18.7. The van der Waals surface area contributed by atoms with E-state index in [2.05, 4.69) is 30.2 Å². The van der Waals surface area contributed by atoms with Crippen molar-refractivity contribution in [1.82, 2.24) is 10.3 Å². The van der Waals surface area contributed by atoms with Gasteiger partial charge in [-0.15, -0.1) is 0 Å². The van der Waals surface area contributed by atoms with E-state index in [9.17, 15) is 9.59 Å². The second-order valence-corrected chi connectivity index (χ2v) is 6.54. The molecule has 5 nitrogen and oxygen atoms in total. The summed E-state index contributed by atoms with van der Waals surface area (Å²) < 4.78 is 5.13. The smallest absolute Gasteiger partial charge is 0.253 e. The van der Waals surface area contributed by atoms with Gasteiger partial charge in [0.25, 0.3) is 11.5 Å². The van der Waals surface area contributed by atoms with E-state index in [4.69, 9.17) is 4.74 Å². The Morgan fingerprint density at radius 3 is 2.69 bits per heavy atom. The first-order chi connectivity index (χ1) is 12.5. The number of carbonyl (C=O) groups is 1. The Bertz CT molecular complexity index is 1010. The van der Waals surface area contributed by atoms with Crippen LogP contribution in [0.15, 0.2) is 53.3 Å². The topological polar surface area (TPSA) is 71.2 Å². The van der Waals surface area contributed by atoms with Crippen molar-refractivity contribution in [1.29, 1.82) is 0 Å². The molecule has 0 bridgehead atoms. The monoisotopic (exact) mass is 350 g/mol. The summed E-state index contributed by atoms with van der Waals surface area (Å²) >= 11 is 0. The molecule has 134 valence electrons. The Morgan fingerprint density at radius 1 is 1.15 bits per heavy atom. The summed E-state index contributed by atoms with van der Waals surface area (Å²) in [6.07, 6.45) is 0. The molecule has 1 amide bonds. The molecule has 5 heteroatoms. The van der Waals surface area contributed by atoms with Crippen LogP contribution < -0.4 is 15.6 Å². The lowest BCUT2D eigenvalue weighted by Crippen LogP contribution is -2.26. The van der Waals surface area contributed by atoms with Gasteiger partial charge in [0.1, 0.15) is 5.75 Å². The van der Waals surface area contributed by atoms with Crippen molar-refractivity contribution in [3.8, 4) is 5.75 Å². The van der Waals surface area contributed by atoms with Gasteiger partial charge in [0.05, 0.1) is 7.11 Å². The van der Waals surface area contributed by atoms with E-state index in [0.29, 0.717) is 22.8 Å². The molecule has 3 aromatic rings. The van der Waals surface area contributed by atoms with Crippen LogP contribution in [0.1, 0.15) is 41.3 Å². The van der Waals surface area contributed by atoms with Crippen molar-refractivity contribution >= 4 is 16.8 Å². The predicted molar refractivity (Wildman–Crippen MR) is 103 cm³/mol. The van der Waals surface area contributed by atoms with Crippen LogP contribution in [-0.4, -0.2) is 18.0 Å². The molecule has 0 fully saturated rings. The molecule has 1 heterocycles. The summed E-state index contributed by atoms with van der Waals surface area (Å²) in [7, 11) is 1.55. The van der Waals surface area contributed by atoms with E-state index in [1.54, 1.807) is 31.4 Å². The fourth-order valence-electron chi connectivity index (χ4n) is 2.80. The number of fused-ring (bicyclic) bond motifs is 1. The molecule has 1 aromatic heterocycles. The van der Waals surface area contributed by atoms with Gasteiger partial charge in [-0.25, -0.2) is 0 Å². The quantitative estimate of drug-likeness (QED) is 0.739. The number of carbonyl (C=O) groups excluding carboxylic acids is 1. The number of amides is 1. The standard InChI is InChI=1S/C21H22N2O3/c1-13(2)14-7-8-19-16(9-14)10-17(21(25)23-19)12-22-20(24)15-5-4-6-18(11-15)26-3/h4-11,13H,12H2,1-3H3,(H,22,24)(H,23,25). The van der Waals surface area contributed by atoms with Crippen molar-refractivity contribution in [2.75, 3.05) is 7.11 Å². The van der Waals surface area contributed by atoms with Crippen LogP contribution in [0.25, 0.3) is 10.9 Å². The molecule has 2 N–H and O–H groups in total. The molecule has 0 radical (unpaired) electrons. The van der Waals surface area contributed by atoms with Crippen LogP contribution in [0.2, 0.25) is 0 Å². The lowest BCUT2D eigenvalue weighted by atomic mass is 10.0. The lowest BCUT2D eigenvalue weighted by Gasteiger charge is -2.09. The SMILES string of the molecule is COc1cccc(C(=O)NCc2cc3cc(C(C)C)ccc3[nH]c2=O)c1. The third-order valence-electron chi connectivity index (χ3n) is 4.38. The number of pyridine rings is 1. The average Bonchev–Trinajstić information content (AvgIpc) is 2.65. The summed E-state index contributed by atoms with van der Waals surface area (Å²) in [5.41, 5.74) is 2.82. The molecule has 0 saturated heterocycles. The fraction of sp³-hybridized carbons (Fsp3) is 0.238. The van der Waals surface area contributed by atoms with Gasteiger partial charge >= 0.3 is 0 Å². The normalized spacial score (nSPS) is 10.9. The first kappa shape index (κ1) is 17.7. The second-order valence-electron chi connectivity index (χ2n) is 6.54. The molecule has 3 rings (SSSR count). The molecule has 0 unspecified atom stereocenters. The molecule has 0 atom stereocenters. The third-order valence-corrected chi connectivity index (χ3v) is 4.38. The van der Waals surface area contributed by atoms with Crippen molar-refractivity contribution in [2.45, 2.75) is 26.3 Å². The Labute approximate surface area is 152 Å². The van der Waals surface area contributed by atoms with Crippen molar-refractivity contribution in [2.24, 2.45) is 0 Å². The van der Waals surface area contributed by atoms with Gasteiger partial charge in [0.15, 0.2) is 0 Å². The van der Waals surface area contributed by atoms with Gasteiger partial charge < -0.3 is 15.0 Å². The van der Waals surface area contributed by atoms with Gasteiger partial charge in [-0.05, 0) is 53.3 Å². The maximum Gasteiger partial charge on any atom is 0.253 e. The molecule has 2 aromatic carbocycles. The van der Waals surface area contributed by atoms with Crippen molar-refractivity contribution in [3.63, 3.8) is 0 Å². The van der Waals surface area contributed by atoms with E-state index in [1.165, 1.54) is 5.56 Å². The molecule has 0 aliphatic carbocycles. The highest BCUT2D eigenvalue weighted by molar-refractivity contribution is 5.94. The number of benzene rings is 2. The number of ether oxygens (including phenoxy) is 1. The number of aromatic nitrogens is 1. The molecule has 0 aliphatic rings. The number of H-pyrrole nitrogens is 1. The Hall–Kier alpha value is -3.08. The minimum absolute atomic E-state index is 0.160. The highest BCUT2D eigenvalue weighted by atomic mass is 16.5. The Morgan fingerprint density at radius 2 is 1.96 bits per heavy atom. The summed E-state index contributed by atoms with van der Waals surface area (Å²) in [6.45, 7) is 4.41. The predicted octanol–water partition coefficient (Wildman–Crippen LogP) is 3.59. The van der Waals surface area contributed by atoms with Gasteiger partial charge in [0.2, 0.25) is 0 Å². The molecule has 0 spiro atoms. The first-order valence-electron chi connectivity index (χ1n) is 8.56. The van der Waals surface area contributed by atoms with Crippen LogP contribution in [0.3, 0.4) is 0 Å². The van der Waals surface area contributed by atoms with Crippen LogP contribution in [0.5, 0.6) is 5.75 Å². The molecule has 26 heavy (non-hydrogen) atoms. The van der Waals surface area contributed by atoms with E-state index in [0.717, 1.165) is 10.9 Å². The van der Waals surface area contributed by atoms with Gasteiger partial charge in [-0.1, -0.05) is 26.0 Å². The van der Waals surface area contributed by atoms with E-state index < -0.39 is 0 Å². The molecule has 0 aliphatic heterocycles. The largest absolute Gasteiger partial charge is 0.497 e. The number of hydrogen-bond acceptors (Lipinski definition) is 3. The molecular weight excluding hydrogens is 328 g/mol. The minimum Gasteiger partial charge on any atom is -0.497 e. The van der Waals surface area contributed by atoms with Crippen molar-refractivity contribution in [3.05, 3.63) is 75.6 Å². The highest BCUT2D eigenvalue weighted by Gasteiger charge is 2.09. The fourth-order valence-corrected chi connectivity index (χ4v) is 2.80. The maximum atomic E-state index is 12.3. The Balaban J connectivity index is 1.82. The van der Waals surface area contributed by atoms with E-state index in [1.807, 2.05) is 18.2 Å². The maximum absolute atomic E-state index is 12.3. The Kier molecular flexibility index (Phi) is 5.07. The van der Waals surface area contributed by atoms with Crippen LogP contribution in [0.4, 0.5) is 0 Å². The van der Waals surface area contributed by atoms with Gasteiger partial charge in [-0.3, -0.25) is 9.59 Å². The highest BCUT2D eigenvalue weighted by Crippen LogP contribution is 2.20. The van der Waals surface area contributed by atoms with Crippen LogP contribution >= 0.6 is 0 Å².